The molecule has 1 N–H and O–H groups in total. The van der Waals surface area contributed by atoms with Crippen LogP contribution in [0.1, 0.15) is 32.8 Å². The molecule has 1 rings (SSSR count). The maximum atomic E-state index is 14.1. The van der Waals surface area contributed by atoms with Gasteiger partial charge < -0.3 is 10.0 Å². The molecule has 104 valence electrons. The molecule has 0 spiro atoms. The highest BCUT2D eigenvalue weighted by molar-refractivity contribution is 5.85. The first-order valence-electron chi connectivity index (χ1n) is 6.46. The summed E-state index contributed by atoms with van der Waals surface area (Å²) in [5.74, 6) is -1.37. The van der Waals surface area contributed by atoms with Gasteiger partial charge in [0, 0.05) is 18.7 Å². The number of hydrogen-bond donors (Lipinski definition) is 1. The van der Waals surface area contributed by atoms with Crippen LogP contribution in [0.25, 0.3) is 6.08 Å². The second-order valence-electron chi connectivity index (χ2n) is 4.43. The van der Waals surface area contributed by atoms with Crippen LogP contribution >= 0.6 is 0 Å². The van der Waals surface area contributed by atoms with Gasteiger partial charge in [-0.2, -0.15) is 0 Å². The molecule has 0 bridgehead atoms. The first kappa shape index (κ1) is 15.2. The summed E-state index contributed by atoms with van der Waals surface area (Å²) in [5, 5.41) is 8.54. The topological polar surface area (TPSA) is 40.5 Å². The fourth-order valence-electron chi connectivity index (χ4n) is 1.97. The monoisotopic (exact) mass is 265 g/mol. The van der Waals surface area contributed by atoms with Crippen LogP contribution in [-0.2, 0) is 4.79 Å². The number of carboxylic acids is 1. The maximum Gasteiger partial charge on any atom is 0.328 e. The maximum absolute atomic E-state index is 14.1. The molecule has 19 heavy (non-hydrogen) atoms. The van der Waals surface area contributed by atoms with Gasteiger partial charge in [0.15, 0.2) is 0 Å². The van der Waals surface area contributed by atoms with Gasteiger partial charge in [-0.3, -0.25) is 0 Å². The van der Waals surface area contributed by atoms with Gasteiger partial charge in [-0.15, -0.1) is 0 Å². The zero-order valence-corrected chi connectivity index (χ0v) is 11.6. The number of carboxylic acid groups (broad SMARTS) is 1. The van der Waals surface area contributed by atoms with E-state index in [9.17, 15) is 9.18 Å². The van der Waals surface area contributed by atoms with Gasteiger partial charge in [-0.1, -0.05) is 13.0 Å². The number of rotatable bonds is 6. The van der Waals surface area contributed by atoms with Crippen molar-refractivity contribution < 1.29 is 14.3 Å². The van der Waals surface area contributed by atoms with Crippen molar-refractivity contribution in [2.45, 2.75) is 33.2 Å². The zero-order valence-electron chi connectivity index (χ0n) is 11.6. The fraction of sp³-hybridized carbons (Fsp3) is 0.400. The molecule has 4 heteroatoms. The summed E-state index contributed by atoms with van der Waals surface area (Å²) in [6.07, 6.45) is 3.32. The van der Waals surface area contributed by atoms with Gasteiger partial charge in [0.2, 0.25) is 0 Å². The Morgan fingerprint density at radius 2 is 2.16 bits per heavy atom. The van der Waals surface area contributed by atoms with Gasteiger partial charge in [0.1, 0.15) is 5.82 Å². The minimum atomic E-state index is -1.04. The van der Waals surface area contributed by atoms with Gasteiger partial charge in [-0.25, -0.2) is 9.18 Å². The van der Waals surface area contributed by atoms with Crippen LogP contribution < -0.4 is 4.90 Å². The van der Waals surface area contributed by atoms with Crippen LogP contribution in [0.2, 0.25) is 0 Å². The molecule has 1 aromatic rings. The summed E-state index contributed by atoms with van der Waals surface area (Å²) in [6.45, 7) is 6.84. The van der Waals surface area contributed by atoms with E-state index >= 15 is 0 Å². The van der Waals surface area contributed by atoms with Crippen molar-refractivity contribution in [1.29, 1.82) is 0 Å². The van der Waals surface area contributed by atoms with Crippen LogP contribution in [0.5, 0.6) is 0 Å². The van der Waals surface area contributed by atoms with E-state index in [1.165, 1.54) is 12.1 Å². The average Bonchev–Trinajstić information content (AvgIpc) is 2.38. The van der Waals surface area contributed by atoms with Gasteiger partial charge in [0.25, 0.3) is 0 Å². The second kappa shape index (κ2) is 6.92. The largest absolute Gasteiger partial charge is 0.478 e. The Morgan fingerprint density at radius 1 is 1.47 bits per heavy atom. The molecule has 0 saturated carbocycles. The number of aliphatic carboxylic acids is 1. The number of halogens is 1. The normalized spacial score (nSPS) is 12.6. The van der Waals surface area contributed by atoms with Crippen LogP contribution in [0.4, 0.5) is 10.1 Å². The molecule has 0 aliphatic heterocycles. The SMILES string of the molecule is CCC(C)N(CC)c1ccc(/C=C/C(=O)O)cc1F. The lowest BCUT2D eigenvalue weighted by Crippen LogP contribution is -2.32. The lowest BCUT2D eigenvalue weighted by Gasteiger charge is -2.29. The Balaban J connectivity index is 3.02. The van der Waals surface area contributed by atoms with Gasteiger partial charge in [0.05, 0.1) is 5.69 Å². The molecule has 0 aliphatic carbocycles. The number of nitrogens with zero attached hydrogens (tertiary/aromatic N) is 1. The lowest BCUT2D eigenvalue weighted by atomic mass is 10.1. The van der Waals surface area contributed by atoms with Crippen molar-refractivity contribution in [2.75, 3.05) is 11.4 Å². The molecule has 0 aromatic heterocycles. The van der Waals surface area contributed by atoms with Crippen LogP contribution in [0.3, 0.4) is 0 Å². The fourth-order valence-corrected chi connectivity index (χ4v) is 1.97. The van der Waals surface area contributed by atoms with Crippen molar-refractivity contribution in [3.8, 4) is 0 Å². The van der Waals surface area contributed by atoms with Crippen molar-refractivity contribution in [1.82, 2.24) is 0 Å². The molecule has 0 aliphatic rings. The summed E-state index contributed by atoms with van der Waals surface area (Å²) in [6, 6.07) is 5.05. The summed E-state index contributed by atoms with van der Waals surface area (Å²) in [7, 11) is 0. The van der Waals surface area contributed by atoms with E-state index in [0.29, 0.717) is 11.3 Å². The van der Waals surface area contributed by atoms with Crippen molar-refractivity contribution in [3.05, 3.63) is 35.7 Å². The van der Waals surface area contributed by atoms with Crippen LogP contribution in [-0.4, -0.2) is 23.7 Å². The molecule has 3 nitrogen and oxygen atoms in total. The van der Waals surface area contributed by atoms with Crippen LogP contribution in [0, 0.1) is 5.82 Å². The highest BCUT2D eigenvalue weighted by Crippen LogP contribution is 2.23. The van der Waals surface area contributed by atoms with E-state index in [-0.39, 0.29) is 11.9 Å². The van der Waals surface area contributed by atoms with E-state index in [2.05, 4.69) is 13.8 Å². The molecule has 1 unspecified atom stereocenters. The van der Waals surface area contributed by atoms with Crippen molar-refractivity contribution in [3.63, 3.8) is 0 Å². The van der Waals surface area contributed by atoms with E-state index in [4.69, 9.17) is 5.11 Å². The average molecular weight is 265 g/mol. The second-order valence-corrected chi connectivity index (χ2v) is 4.43. The smallest absolute Gasteiger partial charge is 0.328 e. The van der Waals surface area contributed by atoms with Crippen molar-refractivity contribution >= 4 is 17.7 Å². The Morgan fingerprint density at radius 3 is 2.63 bits per heavy atom. The highest BCUT2D eigenvalue weighted by atomic mass is 19.1. The minimum absolute atomic E-state index is 0.264. The Kier molecular flexibility index (Phi) is 5.55. The molecule has 1 atom stereocenters. The predicted molar refractivity (Wildman–Crippen MR) is 75.8 cm³/mol. The highest BCUT2D eigenvalue weighted by Gasteiger charge is 2.14. The third-order valence-corrected chi connectivity index (χ3v) is 3.16. The summed E-state index contributed by atoms with van der Waals surface area (Å²) < 4.78 is 14.1. The van der Waals surface area contributed by atoms with Gasteiger partial charge >= 0.3 is 5.97 Å². The standard InChI is InChI=1S/C15H20FNO2/c1-4-11(3)17(5-2)14-8-6-12(10-13(14)16)7-9-15(18)19/h6-11H,4-5H2,1-3H3,(H,18,19)/b9-7+. The Hall–Kier alpha value is -1.84. The van der Waals surface area contributed by atoms with Crippen molar-refractivity contribution in [2.24, 2.45) is 0 Å². The molecular formula is C15H20FNO2. The number of benzene rings is 1. The quantitative estimate of drug-likeness (QED) is 0.800. The zero-order chi connectivity index (χ0) is 14.4. The first-order valence-corrected chi connectivity index (χ1v) is 6.46. The molecule has 0 fully saturated rings. The van der Waals surface area contributed by atoms with Crippen LogP contribution in [0.15, 0.2) is 24.3 Å². The molecule has 0 radical (unpaired) electrons. The molecule has 1 aromatic carbocycles. The molecule has 0 heterocycles. The summed E-state index contributed by atoms with van der Waals surface area (Å²) in [5.41, 5.74) is 1.10. The number of anilines is 1. The molecular weight excluding hydrogens is 245 g/mol. The van der Waals surface area contributed by atoms with E-state index in [1.807, 2.05) is 11.8 Å². The summed E-state index contributed by atoms with van der Waals surface area (Å²) >= 11 is 0. The van der Waals surface area contributed by atoms with E-state index in [0.717, 1.165) is 19.0 Å². The molecule has 0 amide bonds. The Bertz CT molecular complexity index is 471. The lowest BCUT2D eigenvalue weighted by molar-refractivity contribution is -0.131. The predicted octanol–water partition coefficient (Wildman–Crippen LogP) is 3.55. The van der Waals surface area contributed by atoms with Gasteiger partial charge in [-0.05, 0) is 44.0 Å². The van der Waals surface area contributed by atoms with E-state index < -0.39 is 5.97 Å². The number of hydrogen-bond acceptors (Lipinski definition) is 2. The summed E-state index contributed by atoms with van der Waals surface area (Å²) in [4.78, 5) is 12.4. The third kappa shape index (κ3) is 4.09. The number of carbonyl (C=O) groups is 1. The first-order chi connectivity index (χ1) is 8.99. The van der Waals surface area contributed by atoms with E-state index in [1.54, 1.807) is 12.1 Å². The minimum Gasteiger partial charge on any atom is -0.478 e. The molecule has 0 saturated heterocycles. The third-order valence-electron chi connectivity index (χ3n) is 3.16. The Labute approximate surface area is 113 Å².